The third-order valence-corrected chi connectivity index (χ3v) is 4.47. The van der Waals surface area contributed by atoms with Crippen LogP contribution in [0.5, 0.6) is 0 Å². The van der Waals surface area contributed by atoms with Gasteiger partial charge in [0.2, 0.25) is 0 Å². The van der Waals surface area contributed by atoms with E-state index in [2.05, 4.69) is 15.9 Å². The minimum Gasteiger partial charge on any atom is -0.480 e. The van der Waals surface area contributed by atoms with E-state index in [-0.39, 0.29) is 23.6 Å². The molecule has 0 amide bonds. The highest BCUT2D eigenvalue weighted by atomic mass is 79.9. The number of non-ortho nitro benzene ring substituents is 1. The quantitative estimate of drug-likeness (QED) is 0.234. The van der Waals surface area contributed by atoms with Crippen LogP contribution >= 0.6 is 15.9 Å². The number of benzene rings is 1. The second-order valence-electron chi connectivity index (χ2n) is 7.56. The van der Waals surface area contributed by atoms with Crippen LogP contribution in [0, 0.1) is 10.1 Å². The van der Waals surface area contributed by atoms with Crippen LogP contribution in [0.3, 0.4) is 0 Å². The van der Waals surface area contributed by atoms with Crippen molar-refractivity contribution in [3.63, 3.8) is 0 Å². The van der Waals surface area contributed by atoms with E-state index in [1.807, 2.05) is 0 Å². The molecular weight excluding hydrogens is 432 g/mol. The van der Waals surface area contributed by atoms with Gasteiger partial charge in [0.15, 0.2) is 0 Å². The number of aryl methyl sites for hydroxylation is 1. The van der Waals surface area contributed by atoms with Crippen molar-refractivity contribution in [3.05, 3.63) is 39.9 Å². The highest BCUT2D eigenvalue weighted by Crippen LogP contribution is 2.17. The van der Waals surface area contributed by atoms with Gasteiger partial charge in [0.05, 0.1) is 18.0 Å². The molecule has 0 heterocycles. The normalized spacial score (nSPS) is 12.6. The Balaban J connectivity index is 2.48. The summed E-state index contributed by atoms with van der Waals surface area (Å²) < 4.78 is 5.26. The number of esters is 1. The molecule has 1 aromatic rings. The van der Waals surface area contributed by atoms with Crippen molar-refractivity contribution < 1.29 is 24.4 Å². The number of carboxylic acids is 1. The van der Waals surface area contributed by atoms with Crippen molar-refractivity contribution >= 4 is 33.6 Å². The molecule has 1 N–H and O–H groups in total. The number of hydrogen-bond acceptors (Lipinski definition) is 6. The molecule has 0 aliphatic heterocycles. The van der Waals surface area contributed by atoms with Crippen LogP contribution < -0.4 is 0 Å². The zero-order chi connectivity index (χ0) is 21.3. The average molecular weight is 459 g/mol. The summed E-state index contributed by atoms with van der Waals surface area (Å²) in [6, 6.07) is 6.44. The summed E-state index contributed by atoms with van der Waals surface area (Å²) in [5.74, 6) is -1.46. The topological polar surface area (TPSA) is 110 Å². The van der Waals surface area contributed by atoms with Crippen molar-refractivity contribution in [2.24, 2.45) is 0 Å². The number of carboxylic acid groups (broad SMARTS) is 1. The van der Waals surface area contributed by atoms with Gasteiger partial charge in [0.1, 0.15) is 5.60 Å². The Labute approximate surface area is 173 Å². The molecule has 0 radical (unpaired) electrons. The molecule has 156 valence electrons. The van der Waals surface area contributed by atoms with Crippen molar-refractivity contribution in [3.8, 4) is 0 Å². The molecule has 0 aliphatic carbocycles. The summed E-state index contributed by atoms with van der Waals surface area (Å²) >= 11 is 3.55. The van der Waals surface area contributed by atoms with Crippen molar-refractivity contribution in [1.82, 2.24) is 4.90 Å². The zero-order valence-corrected chi connectivity index (χ0v) is 18.0. The maximum absolute atomic E-state index is 12.0. The highest BCUT2D eigenvalue weighted by Gasteiger charge is 2.22. The lowest BCUT2D eigenvalue weighted by molar-refractivity contribution is -0.384. The molecule has 0 spiro atoms. The van der Waals surface area contributed by atoms with E-state index in [1.165, 1.54) is 12.1 Å². The zero-order valence-electron chi connectivity index (χ0n) is 16.4. The first kappa shape index (κ1) is 24.0. The fraction of sp³-hybridized carbons (Fsp3) is 0.579. The Morgan fingerprint density at radius 2 is 1.86 bits per heavy atom. The second-order valence-corrected chi connectivity index (χ2v) is 8.86. The van der Waals surface area contributed by atoms with Crippen LogP contribution in [0.15, 0.2) is 24.3 Å². The van der Waals surface area contributed by atoms with Crippen LogP contribution in [0.1, 0.15) is 39.2 Å². The molecule has 1 unspecified atom stereocenters. The Kier molecular flexibility index (Phi) is 9.54. The third kappa shape index (κ3) is 10.4. The standard InChI is InChI=1S/C19H27BrN2O6/c1-19(2,3)28-18(25)13-21(12-17(23)24)11-15(20)6-4-5-14-7-9-16(10-8-14)22(26)27/h7-10,15H,4-6,11-13H2,1-3H3,(H,23,24). The van der Waals surface area contributed by atoms with Crippen molar-refractivity contribution in [2.45, 2.75) is 50.5 Å². The van der Waals surface area contributed by atoms with Gasteiger partial charge in [-0.05, 0) is 45.6 Å². The first-order valence-electron chi connectivity index (χ1n) is 8.99. The lowest BCUT2D eigenvalue weighted by Crippen LogP contribution is -2.40. The Bertz CT molecular complexity index is 672. The molecule has 1 atom stereocenters. The van der Waals surface area contributed by atoms with Gasteiger partial charge in [0, 0.05) is 23.5 Å². The molecule has 28 heavy (non-hydrogen) atoms. The largest absolute Gasteiger partial charge is 0.480 e. The van der Waals surface area contributed by atoms with Gasteiger partial charge in [-0.15, -0.1) is 0 Å². The number of nitrogens with zero attached hydrogens (tertiary/aromatic N) is 2. The molecule has 0 saturated heterocycles. The van der Waals surface area contributed by atoms with E-state index in [1.54, 1.807) is 37.8 Å². The van der Waals surface area contributed by atoms with E-state index >= 15 is 0 Å². The second kappa shape index (κ2) is 11.1. The molecule has 0 aromatic heterocycles. The Morgan fingerprint density at radius 3 is 2.36 bits per heavy atom. The summed E-state index contributed by atoms with van der Waals surface area (Å²) in [4.78, 5) is 34.8. The number of aliphatic carboxylic acids is 1. The van der Waals surface area contributed by atoms with Crippen LogP contribution in [0.4, 0.5) is 5.69 Å². The highest BCUT2D eigenvalue weighted by molar-refractivity contribution is 9.09. The smallest absolute Gasteiger partial charge is 0.320 e. The average Bonchev–Trinajstić information content (AvgIpc) is 2.52. The number of hydrogen-bond donors (Lipinski definition) is 1. The van der Waals surface area contributed by atoms with E-state index < -0.39 is 22.5 Å². The summed E-state index contributed by atoms with van der Waals surface area (Å²) in [5, 5.41) is 19.7. The number of ether oxygens (including phenoxy) is 1. The van der Waals surface area contributed by atoms with Gasteiger partial charge in [0.25, 0.3) is 5.69 Å². The van der Waals surface area contributed by atoms with Gasteiger partial charge in [-0.2, -0.15) is 0 Å². The number of rotatable bonds is 11. The Hall–Kier alpha value is -2.00. The van der Waals surface area contributed by atoms with Crippen LogP contribution in [0.2, 0.25) is 0 Å². The fourth-order valence-electron chi connectivity index (χ4n) is 2.62. The first-order valence-corrected chi connectivity index (χ1v) is 9.91. The lowest BCUT2D eigenvalue weighted by Gasteiger charge is -2.25. The molecule has 0 aliphatic rings. The SMILES string of the molecule is CC(C)(C)OC(=O)CN(CC(=O)O)CC(Br)CCCc1ccc([N+](=O)[O-])cc1. The first-order chi connectivity index (χ1) is 13.0. The molecule has 0 fully saturated rings. The molecule has 9 heteroatoms. The van der Waals surface area contributed by atoms with Gasteiger partial charge < -0.3 is 9.84 Å². The summed E-state index contributed by atoms with van der Waals surface area (Å²) in [6.45, 7) is 5.34. The fourth-order valence-corrected chi connectivity index (χ4v) is 3.35. The maximum atomic E-state index is 12.0. The predicted octanol–water partition coefficient (Wildman–Crippen LogP) is 3.41. The lowest BCUT2D eigenvalue weighted by atomic mass is 10.1. The number of carbonyl (C=O) groups is 2. The Morgan fingerprint density at radius 1 is 1.25 bits per heavy atom. The van der Waals surface area contributed by atoms with Gasteiger partial charge in [-0.3, -0.25) is 24.6 Å². The predicted molar refractivity (Wildman–Crippen MR) is 109 cm³/mol. The summed E-state index contributed by atoms with van der Waals surface area (Å²) in [7, 11) is 0. The maximum Gasteiger partial charge on any atom is 0.320 e. The molecule has 0 saturated carbocycles. The number of carbonyl (C=O) groups excluding carboxylic acids is 1. The number of nitro groups is 1. The van der Waals surface area contributed by atoms with Gasteiger partial charge in [-0.25, -0.2) is 0 Å². The van der Waals surface area contributed by atoms with E-state index in [0.29, 0.717) is 6.54 Å². The van der Waals surface area contributed by atoms with Crippen molar-refractivity contribution in [1.29, 1.82) is 0 Å². The van der Waals surface area contributed by atoms with Crippen LogP contribution in [-0.4, -0.2) is 56.9 Å². The third-order valence-electron chi connectivity index (χ3n) is 3.72. The van der Waals surface area contributed by atoms with Crippen LogP contribution in [0.25, 0.3) is 0 Å². The molecule has 0 bridgehead atoms. The minimum atomic E-state index is -1.01. The van der Waals surface area contributed by atoms with Gasteiger partial charge in [-0.1, -0.05) is 28.1 Å². The number of nitro benzene ring substituents is 1. The van der Waals surface area contributed by atoms with E-state index in [0.717, 1.165) is 24.8 Å². The number of alkyl halides is 1. The molecular formula is C19H27BrN2O6. The van der Waals surface area contributed by atoms with Crippen molar-refractivity contribution in [2.75, 3.05) is 19.6 Å². The van der Waals surface area contributed by atoms with Gasteiger partial charge >= 0.3 is 11.9 Å². The van der Waals surface area contributed by atoms with Crippen LogP contribution in [-0.2, 0) is 20.7 Å². The number of halogens is 1. The van der Waals surface area contributed by atoms with E-state index in [9.17, 15) is 19.7 Å². The summed E-state index contributed by atoms with van der Waals surface area (Å²) in [5.41, 5.74) is 0.444. The monoisotopic (exact) mass is 458 g/mol. The molecule has 1 rings (SSSR count). The summed E-state index contributed by atoms with van der Waals surface area (Å²) in [6.07, 6.45) is 2.34. The van der Waals surface area contributed by atoms with E-state index in [4.69, 9.17) is 9.84 Å². The molecule has 8 nitrogen and oxygen atoms in total. The molecule has 1 aromatic carbocycles. The minimum absolute atomic E-state index is 0.00679.